The molecular weight excluding hydrogens is 356 g/mol. The minimum atomic E-state index is -0.842. The molecule has 0 unspecified atom stereocenters. The van der Waals surface area contributed by atoms with Gasteiger partial charge in [0.25, 0.3) is 11.8 Å². The average molecular weight is 391 g/mol. The number of piperidine rings is 1. The third-order valence-corrected chi connectivity index (χ3v) is 5.37. The first-order valence-corrected chi connectivity index (χ1v) is 10.4. The third kappa shape index (κ3) is 6.51. The van der Waals surface area contributed by atoms with Crippen molar-refractivity contribution in [2.45, 2.75) is 64.4 Å². The number of rotatable bonds is 10. The molecule has 0 spiro atoms. The monoisotopic (exact) mass is 390 g/mol. The summed E-state index contributed by atoms with van der Waals surface area (Å²) >= 11 is 0. The number of amides is 2. The number of nitrogens with one attached hydrogen (secondary N) is 1. The quantitative estimate of drug-likeness (QED) is 0.613. The fourth-order valence-corrected chi connectivity index (χ4v) is 3.30. The molecule has 1 saturated heterocycles. The zero-order valence-corrected chi connectivity index (χ0v) is 17.5. The van der Waals surface area contributed by atoms with E-state index < -0.39 is 5.60 Å². The van der Waals surface area contributed by atoms with Gasteiger partial charge in [0.2, 0.25) is 0 Å². The predicted octanol–water partition coefficient (Wildman–Crippen LogP) is 4.00. The Bertz CT molecular complexity index is 626. The Morgan fingerprint density at radius 2 is 1.79 bits per heavy atom. The summed E-state index contributed by atoms with van der Waals surface area (Å²) in [7, 11) is 1.57. The molecule has 1 aliphatic rings. The first kappa shape index (κ1) is 22.2. The standard InChI is InChI=1S/C22H34N2O4/c1-4-5-7-14-22(2,27-3)21(26)23-18-10-12-19(13-11-18)28-17-20(25)24-15-8-6-9-16-24/h10-13H,4-9,14-17H2,1-3H3,(H,23,26)/t22-/m1/s1. The number of carbonyl (C=O) groups is 2. The highest BCUT2D eigenvalue weighted by atomic mass is 16.5. The van der Waals surface area contributed by atoms with Gasteiger partial charge in [0.05, 0.1) is 0 Å². The molecule has 1 aromatic carbocycles. The minimum absolute atomic E-state index is 0.0278. The van der Waals surface area contributed by atoms with Gasteiger partial charge >= 0.3 is 0 Å². The predicted molar refractivity (Wildman–Crippen MR) is 111 cm³/mol. The number of methoxy groups -OCH3 is 1. The lowest BCUT2D eigenvalue weighted by Gasteiger charge is -2.27. The summed E-state index contributed by atoms with van der Waals surface area (Å²) in [6.07, 6.45) is 7.14. The molecule has 1 aliphatic heterocycles. The van der Waals surface area contributed by atoms with Crippen LogP contribution < -0.4 is 10.1 Å². The largest absolute Gasteiger partial charge is 0.484 e. The van der Waals surface area contributed by atoms with Crippen molar-refractivity contribution in [2.75, 3.05) is 32.1 Å². The van der Waals surface area contributed by atoms with Crippen LogP contribution in [0.2, 0.25) is 0 Å². The van der Waals surface area contributed by atoms with Crippen molar-refractivity contribution in [1.29, 1.82) is 0 Å². The van der Waals surface area contributed by atoms with E-state index in [2.05, 4.69) is 12.2 Å². The Hall–Kier alpha value is -2.08. The van der Waals surface area contributed by atoms with E-state index in [4.69, 9.17) is 9.47 Å². The zero-order chi connectivity index (χ0) is 20.4. The number of unbranched alkanes of at least 4 members (excludes halogenated alkanes) is 2. The van der Waals surface area contributed by atoms with E-state index in [1.165, 1.54) is 6.42 Å². The second-order valence-corrected chi connectivity index (χ2v) is 7.60. The molecule has 1 aromatic rings. The van der Waals surface area contributed by atoms with Crippen molar-refractivity contribution in [1.82, 2.24) is 4.90 Å². The number of benzene rings is 1. The summed E-state index contributed by atoms with van der Waals surface area (Å²) in [5, 5.41) is 2.91. The first-order chi connectivity index (χ1) is 13.5. The molecule has 1 heterocycles. The van der Waals surface area contributed by atoms with Gasteiger partial charge in [0, 0.05) is 25.9 Å². The molecule has 1 fully saturated rings. The smallest absolute Gasteiger partial charge is 0.260 e. The molecule has 0 aromatic heterocycles. The normalized spacial score (nSPS) is 16.3. The van der Waals surface area contributed by atoms with Gasteiger partial charge in [0.15, 0.2) is 6.61 Å². The molecule has 0 saturated carbocycles. The molecule has 156 valence electrons. The van der Waals surface area contributed by atoms with Crippen molar-refractivity contribution in [2.24, 2.45) is 0 Å². The van der Waals surface area contributed by atoms with Crippen LogP contribution >= 0.6 is 0 Å². The summed E-state index contributed by atoms with van der Waals surface area (Å²) in [4.78, 5) is 26.6. The number of hydrogen-bond acceptors (Lipinski definition) is 4. The average Bonchev–Trinajstić information content (AvgIpc) is 2.73. The Kier molecular flexibility index (Phi) is 8.77. The van der Waals surface area contributed by atoms with E-state index in [0.717, 1.165) is 45.2 Å². The van der Waals surface area contributed by atoms with Gasteiger partial charge in [-0.25, -0.2) is 0 Å². The summed E-state index contributed by atoms with van der Waals surface area (Å²) in [6, 6.07) is 7.09. The molecule has 6 nitrogen and oxygen atoms in total. The van der Waals surface area contributed by atoms with Crippen molar-refractivity contribution < 1.29 is 19.1 Å². The molecule has 1 atom stereocenters. The molecule has 2 amide bonds. The summed E-state index contributed by atoms with van der Waals surface area (Å²) in [6.45, 7) is 5.65. The number of hydrogen-bond donors (Lipinski definition) is 1. The number of anilines is 1. The Labute approximate surface area is 168 Å². The summed E-state index contributed by atoms with van der Waals surface area (Å²) < 4.78 is 11.1. The van der Waals surface area contributed by atoms with E-state index >= 15 is 0 Å². The van der Waals surface area contributed by atoms with E-state index in [0.29, 0.717) is 17.9 Å². The molecule has 28 heavy (non-hydrogen) atoms. The van der Waals surface area contributed by atoms with Crippen molar-refractivity contribution in [3.05, 3.63) is 24.3 Å². The van der Waals surface area contributed by atoms with Crippen molar-refractivity contribution in [3.8, 4) is 5.75 Å². The summed E-state index contributed by atoms with van der Waals surface area (Å²) in [5.74, 6) is 0.487. The lowest BCUT2D eigenvalue weighted by molar-refractivity contribution is -0.136. The molecule has 6 heteroatoms. The number of nitrogens with zero attached hydrogens (tertiary/aromatic N) is 1. The SMILES string of the molecule is CCCCC[C@@](C)(OC)C(=O)Nc1ccc(OCC(=O)N2CCCCC2)cc1. The maximum absolute atomic E-state index is 12.6. The van der Waals surface area contributed by atoms with Crippen LogP contribution in [0.1, 0.15) is 58.8 Å². The number of carbonyl (C=O) groups excluding carboxylic acids is 2. The second-order valence-electron chi connectivity index (χ2n) is 7.60. The Morgan fingerprint density at radius 3 is 2.39 bits per heavy atom. The fourth-order valence-electron chi connectivity index (χ4n) is 3.30. The van der Waals surface area contributed by atoms with Crippen molar-refractivity contribution >= 4 is 17.5 Å². The van der Waals surface area contributed by atoms with Gasteiger partial charge in [0.1, 0.15) is 11.4 Å². The van der Waals surface area contributed by atoms with Gasteiger partial charge in [-0.05, 0) is 56.9 Å². The van der Waals surface area contributed by atoms with Crippen LogP contribution in [0.25, 0.3) is 0 Å². The van der Waals surface area contributed by atoms with E-state index in [-0.39, 0.29) is 18.4 Å². The zero-order valence-electron chi connectivity index (χ0n) is 17.5. The maximum atomic E-state index is 12.6. The number of ether oxygens (including phenoxy) is 2. The lowest BCUT2D eigenvalue weighted by Crippen LogP contribution is -2.41. The maximum Gasteiger partial charge on any atom is 0.260 e. The third-order valence-electron chi connectivity index (χ3n) is 5.37. The molecule has 2 rings (SSSR count). The highest BCUT2D eigenvalue weighted by Gasteiger charge is 2.32. The Morgan fingerprint density at radius 1 is 1.11 bits per heavy atom. The molecular formula is C22H34N2O4. The van der Waals surface area contributed by atoms with Crippen LogP contribution in [0.5, 0.6) is 5.75 Å². The highest BCUT2D eigenvalue weighted by molar-refractivity contribution is 5.97. The van der Waals surface area contributed by atoms with Crippen LogP contribution in [0.3, 0.4) is 0 Å². The van der Waals surface area contributed by atoms with Crippen LogP contribution in [-0.2, 0) is 14.3 Å². The summed E-state index contributed by atoms with van der Waals surface area (Å²) in [5.41, 5.74) is -0.163. The van der Waals surface area contributed by atoms with E-state index in [9.17, 15) is 9.59 Å². The molecule has 0 aliphatic carbocycles. The lowest BCUT2D eigenvalue weighted by atomic mass is 9.97. The van der Waals surface area contributed by atoms with Crippen LogP contribution in [0.15, 0.2) is 24.3 Å². The van der Waals surface area contributed by atoms with Gasteiger partial charge in [-0.3, -0.25) is 9.59 Å². The minimum Gasteiger partial charge on any atom is -0.484 e. The first-order valence-electron chi connectivity index (χ1n) is 10.4. The molecule has 1 N–H and O–H groups in total. The molecule has 0 bridgehead atoms. The topological polar surface area (TPSA) is 67.9 Å². The number of likely N-dealkylation sites (tertiary alicyclic amines) is 1. The van der Waals surface area contributed by atoms with Crippen LogP contribution in [-0.4, -0.2) is 49.1 Å². The van der Waals surface area contributed by atoms with Gasteiger partial charge in [-0.15, -0.1) is 0 Å². The highest BCUT2D eigenvalue weighted by Crippen LogP contribution is 2.22. The fraction of sp³-hybridized carbons (Fsp3) is 0.636. The van der Waals surface area contributed by atoms with Gasteiger partial charge < -0.3 is 19.7 Å². The van der Waals surface area contributed by atoms with Crippen LogP contribution in [0, 0.1) is 0 Å². The van der Waals surface area contributed by atoms with E-state index in [1.807, 2.05) is 11.8 Å². The van der Waals surface area contributed by atoms with Gasteiger partial charge in [-0.1, -0.05) is 26.2 Å². The second kappa shape index (κ2) is 11.1. The van der Waals surface area contributed by atoms with Crippen molar-refractivity contribution in [3.63, 3.8) is 0 Å². The van der Waals surface area contributed by atoms with Crippen LogP contribution in [0.4, 0.5) is 5.69 Å². The van der Waals surface area contributed by atoms with Gasteiger partial charge in [-0.2, -0.15) is 0 Å². The molecule has 0 radical (unpaired) electrons. The Balaban J connectivity index is 1.84. The van der Waals surface area contributed by atoms with E-state index in [1.54, 1.807) is 31.4 Å².